The molecular weight excluding hydrogens is 378 g/mol. The average Bonchev–Trinajstić information content (AvgIpc) is 3.41. The number of benzene rings is 2. The third-order valence-electron chi connectivity index (χ3n) is 5.45. The smallest absolute Gasteiger partial charge is 0.329 e. The van der Waals surface area contributed by atoms with Crippen LogP contribution < -0.4 is 0 Å². The molecule has 2 aromatic carbocycles. The molecule has 3 aromatic rings. The van der Waals surface area contributed by atoms with E-state index in [0.717, 1.165) is 17.7 Å². The zero-order valence-corrected chi connectivity index (χ0v) is 16.7. The number of carbonyl (C=O) groups is 2. The zero-order chi connectivity index (χ0) is 20.8. The van der Waals surface area contributed by atoms with Crippen LogP contribution in [0.15, 0.2) is 73.2 Å². The van der Waals surface area contributed by atoms with Crippen molar-refractivity contribution >= 4 is 11.9 Å². The van der Waals surface area contributed by atoms with E-state index in [2.05, 4.69) is 22.1 Å². The van der Waals surface area contributed by atoms with E-state index >= 15 is 0 Å². The fourth-order valence-electron chi connectivity index (χ4n) is 3.94. The Kier molecular flexibility index (Phi) is 6.23. The van der Waals surface area contributed by atoms with Crippen molar-refractivity contribution in [2.45, 2.75) is 31.9 Å². The first kappa shape index (κ1) is 19.9. The number of imidazole rings is 1. The lowest BCUT2D eigenvalue weighted by Gasteiger charge is -2.26. The van der Waals surface area contributed by atoms with Gasteiger partial charge in [0, 0.05) is 31.3 Å². The second-order valence-corrected chi connectivity index (χ2v) is 7.70. The van der Waals surface area contributed by atoms with Gasteiger partial charge in [0.05, 0.1) is 6.33 Å². The molecule has 2 atom stereocenters. The van der Waals surface area contributed by atoms with Gasteiger partial charge in [-0.2, -0.15) is 0 Å². The molecule has 1 aliphatic heterocycles. The number of amides is 1. The van der Waals surface area contributed by atoms with Crippen molar-refractivity contribution in [2.75, 3.05) is 6.54 Å². The maximum Gasteiger partial charge on any atom is 0.329 e. The summed E-state index contributed by atoms with van der Waals surface area (Å²) in [6.45, 7) is 0.738. The second kappa shape index (κ2) is 9.39. The van der Waals surface area contributed by atoms with Gasteiger partial charge in [0.15, 0.2) is 0 Å². The topological polar surface area (TPSA) is 75.3 Å². The summed E-state index contributed by atoms with van der Waals surface area (Å²) in [6, 6.07) is 19.0. The first-order valence-electron chi connectivity index (χ1n) is 10.2. The van der Waals surface area contributed by atoms with Crippen LogP contribution in [0.3, 0.4) is 0 Å². The number of aromatic nitrogens is 2. The fourth-order valence-corrected chi connectivity index (χ4v) is 3.94. The van der Waals surface area contributed by atoms with Crippen LogP contribution in [0.5, 0.6) is 0 Å². The summed E-state index contributed by atoms with van der Waals surface area (Å²) in [5.41, 5.74) is 2.92. The van der Waals surface area contributed by atoms with Crippen LogP contribution in [0.2, 0.25) is 0 Å². The first-order valence-corrected chi connectivity index (χ1v) is 10.2. The van der Waals surface area contributed by atoms with Gasteiger partial charge in [-0.15, -0.1) is 0 Å². The minimum absolute atomic E-state index is 0.00268. The van der Waals surface area contributed by atoms with Crippen molar-refractivity contribution in [3.63, 3.8) is 0 Å². The third-order valence-corrected chi connectivity index (χ3v) is 5.45. The number of nitrogens with zero attached hydrogens (tertiary/aromatic N) is 2. The summed E-state index contributed by atoms with van der Waals surface area (Å²) in [6.07, 6.45) is 4.88. The maximum absolute atomic E-state index is 13.0. The van der Waals surface area contributed by atoms with Crippen LogP contribution in [0.4, 0.5) is 0 Å². The number of ether oxygens (including phenoxy) is 1. The molecule has 6 heteroatoms. The zero-order valence-electron chi connectivity index (χ0n) is 16.7. The van der Waals surface area contributed by atoms with E-state index in [1.807, 2.05) is 48.5 Å². The van der Waals surface area contributed by atoms with Crippen molar-refractivity contribution < 1.29 is 14.3 Å². The van der Waals surface area contributed by atoms with Gasteiger partial charge in [0.1, 0.15) is 12.6 Å². The number of likely N-dealkylation sites (tertiary alicyclic amines) is 1. The van der Waals surface area contributed by atoms with Crippen molar-refractivity contribution in [1.29, 1.82) is 0 Å². The Labute approximate surface area is 175 Å². The lowest BCUT2D eigenvalue weighted by atomic mass is 9.98. The molecule has 1 fully saturated rings. The van der Waals surface area contributed by atoms with Crippen molar-refractivity contribution in [3.8, 4) is 0 Å². The van der Waals surface area contributed by atoms with Crippen LogP contribution in [-0.2, 0) is 33.8 Å². The minimum Gasteiger partial charge on any atom is -0.459 e. The molecule has 0 saturated carbocycles. The quantitative estimate of drug-likeness (QED) is 0.586. The van der Waals surface area contributed by atoms with Crippen molar-refractivity contribution in [1.82, 2.24) is 14.9 Å². The van der Waals surface area contributed by atoms with Crippen molar-refractivity contribution in [3.05, 3.63) is 90.0 Å². The highest BCUT2D eigenvalue weighted by molar-refractivity contribution is 5.86. The van der Waals surface area contributed by atoms with E-state index in [1.165, 1.54) is 5.56 Å². The normalized spacial score (nSPS) is 17.1. The fraction of sp³-hybridized carbons (Fsp3) is 0.292. The molecule has 1 saturated heterocycles. The SMILES string of the molecule is O=C(OCc1ccccc1)[C@H](Cc1cnc[nH]1)N1C[C@H](Cc2ccccc2)CC1=O. The summed E-state index contributed by atoms with van der Waals surface area (Å²) in [5.74, 6) is -0.203. The lowest BCUT2D eigenvalue weighted by Crippen LogP contribution is -2.44. The van der Waals surface area contributed by atoms with Gasteiger partial charge in [-0.25, -0.2) is 9.78 Å². The molecule has 1 aromatic heterocycles. The number of H-pyrrole nitrogens is 1. The van der Waals surface area contributed by atoms with E-state index < -0.39 is 6.04 Å². The van der Waals surface area contributed by atoms with Gasteiger partial charge < -0.3 is 14.6 Å². The van der Waals surface area contributed by atoms with E-state index in [9.17, 15) is 9.59 Å². The van der Waals surface area contributed by atoms with Gasteiger partial charge in [0.2, 0.25) is 5.91 Å². The molecule has 1 amide bonds. The molecule has 6 nitrogen and oxygen atoms in total. The summed E-state index contributed by atoms with van der Waals surface area (Å²) < 4.78 is 5.59. The standard InChI is InChI=1S/C24H25N3O3/c28-23-12-20(11-18-7-3-1-4-8-18)15-27(23)22(13-21-14-25-17-26-21)24(29)30-16-19-9-5-2-6-10-19/h1-10,14,17,20,22H,11-13,15-16H2,(H,25,26)/t20-,22+/m1/s1. The lowest BCUT2D eigenvalue weighted by molar-refractivity contribution is -0.154. The predicted molar refractivity (Wildman–Crippen MR) is 112 cm³/mol. The van der Waals surface area contributed by atoms with Gasteiger partial charge in [-0.05, 0) is 23.5 Å². The molecule has 4 rings (SSSR count). The third kappa shape index (κ3) is 4.95. The van der Waals surface area contributed by atoms with Gasteiger partial charge in [-0.3, -0.25) is 4.79 Å². The monoisotopic (exact) mass is 403 g/mol. The summed E-state index contributed by atoms with van der Waals surface area (Å²) in [4.78, 5) is 34.6. The number of nitrogens with one attached hydrogen (secondary N) is 1. The van der Waals surface area contributed by atoms with Gasteiger partial charge in [0.25, 0.3) is 0 Å². The van der Waals surface area contributed by atoms with Gasteiger partial charge in [-0.1, -0.05) is 60.7 Å². The van der Waals surface area contributed by atoms with Crippen LogP contribution in [-0.4, -0.2) is 39.3 Å². The summed E-state index contributed by atoms with van der Waals surface area (Å²) >= 11 is 0. The number of hydrogen-bond acceptors (Lipinski definition) is 4. The number of rotatable bonds is 8. The molecule has 0 aliphatic carbocycles. The Morgan fingerprint density at radius 2 is 1.80 bits per heavy atom. The highest BCUT2D eigenvalue weighted by Gasteiger charge is 2.38. The molecule has 1 N–H and O–H groups in total. The van der Waals surface area contributed by atoms with Crippen LogP contribution in [0.25, 0.3) is 0 Å². The number of carbonyl (C=O) groups excluding carboxylic acids is 2. The van der Waals surface area contributed by atoms with Crippen LogP contribution in [0.1, 0.15) is 23.2 Å². The van der Waals surface area contributed by atoms with E-state index in [-0.39, 0.29) is 24.4 Å². The molecule has 0 radical (unpaired) electrons. The second-order valence-electron chi connectivity index (χ2n) is 7.70. The Morgan fingerprint density at radius 1 is 1.10 bits per heavy atom. The predicted octanol–water partition coefficient (Wildman–Crippen LogP) is 3.16. The number of esters is 1. The Hall–Kier alpha value is -3.41. The largest absolute Gasteiger partial charge is 0.459 e. The molecule has 154 valence electrons. The van der Waals surface area contributed by atoms with Crippen molar-refractivity contribution in [2.24, 2.45) is 5.92 Å². The summed E-state index contributed by atoms with van der Waals surface area (Å²) in [5, 5.41) is 0. The van der Waals surface area contributed by atoms with E-state index in [0.29, 0.717) is 19.4 Å². The first-order chi connectivity index (χ1) is 14.7. The molecular formula is C24H25N3O3. The minimum atomic E-state index is -0.664. The molecule has 1 aliphatic rings. The van der Waals surface area contributed by atoms with Gasteiger partial charge >= 0.3 is 5.97 Å². The van der Waals surface area contributed by atoms with Crippen LogP contribution >= 0.6 is 0 Å². The average molecular weight is 403 g/mol. The number of hydrogen-bond donors (Lipinski definition) is 1. The van der Waals surface area contributed by atoms with E-state index in [1.54, 1.807) is 17.4 Å². The Morgan fingerprint density at radius 3 is 2.47 bits per heavy atom. The maximum atomic E-state index is 13.0. The van der Waals surface area contributed by atoms with Crippen LogP contribution in [0, 0.1) is 5.92 Å². The highest BCUT2D eigenvalue weighted by Crippen LogP contribution is 2.25. The Bertz CT molecular complexity index is 958. The molecule has 2 heterocycles. The summed E-state index contributed by atoms with van der Waals surface area (Å²) in [7, 11) is 0. The molecule has 30 heavy (non-hydrogen) atoms. The molecule has 0 unspecified atom stereocenters. The highest BCUT2D eigenvalue weighted by atomic mass is 16.5. The molecule has 0 spiro atoms. The van der Waals surface area contributed by atoms with E-state index in [4.69, 9.17) is 4.74 Å². The Balaban J connectivity index is 1.46. The molecule has 0 bridgehead atoms. The number of aromatic amines is 1.